The molecule has 0 bridgehead atoms. The van der Waals surface area contributed by atoms with Crippen molar-refractivity contribution in [1.29, 1.82) is 0 Å². The first-order valence-electron chi connectivity index (χ1n) is 3.65. The Kier molecular flexibility index (Phi) is 2.38. The van der Waals surface area contributed by atoms with E-state index in [-0.39, 0.29) is 5.91 Å². The highest BCUT2D eigenvalue weighted by Gasteiger charge is 2.05. The molecule has 0 aliphatic carbocycles. The van der Waals surface area contributed by atoms with Gasteiger partial charge in [-0.05, 0) is 13.0 Å². The lowest BCUT2D eigenvalue weighted by molar-refractivity contribution is -0.116. The number of aromatic nitrogens is 2. The topological polar surface area (TPSA) is 46.1 Å². The third-order valence-electron chi connectivity index (χ3n) is 1.58. The summed E-state index contributed by atoms with van der Waals surface area (Å²) in [4.78, 5) is 20.4. The summed E-state index contributed by atoms with van der Waals surface area (Å²) in [6.45, 7) is 3.29. The highest BCUT2D eigenvalue weighted by atomic mass is 16.2. The van der Waals surface area contributed by atoms with Crippen LogP contribution in [0.2, 0.25) is 0 Å². The first-order valence-corrected chi connectivity index (χ1v) is 3.65. The van der Waals surface area contributed by atoms with Gasteiger partial charge >= 0.3 is 0 Å². The molecule has 0 radical (unpaired) electrons. The largest absolute Gasteiger partial charge is 0.300 e. The first kappa shape index (κ1) is 8.64. The molecule has 0 saturated carbocycles. The molecule has 0 atom stereocenters. The van der Waals surface area contributed by atoms with E-state index in [1.165, 1.54) is 11.8 Å². The van der Waals surface area contributed by atoms with E-state index in [1.807, 2.05) is 0 Å². The van der Waals surface area contributed by atoms with E-state index in [9.17, 15) is 4.79 Å². The van der Waals surface area contributed by atoms with Crippen LogP contribution in [0.3, 0.4) is 0 Å². The third-order valence-corrected chi connectivity index (χ3v) is 1.58. The van der Waals surface area contributed by atoms with Gasteiger partial charge in [-0.15, -0.1) is 0 Å². The normalized spacial score (nSPS) is 9.58. The van der Waals surface area contributed by atoms with Crippen LogP contribution < -0.4 is 4.90 Å². The van der Waals surface area contributed by atoms with Gasteiger partial charge in [0.25, 0.3) is 0 Å². The molecule has 1 rings (SSSR count). The molecule has 12 heavy (non-hydrogen) atoms. The van der Waals surface area contributed by atoms with Crippen LogP contribution >= 0.6 is 0 Å². The Morgan fingerprint density at radius 2 is 2.25 bits per heavy atom. The summed E-state index contributed by atoms with van der Waals surface area (Å²) < 4.78 is 0. The molecule has 1 heterocycles. The number of nitrogens with zero attached hydrogens (tertiary/aromatic N) is 3. The number of rotatable bonds is 1. The fraction of sp³-hybridized carbons (Fsp3) is 0.375. The quantitative estimate of drug-likeness (QED) is 0.617. The van der Waals surface area contributed by atoms with Crippen molar-refractivity contribution < 1.29 is 4.79 Å². The zero-order valence-corrected chi connectivity index (χ0v) is 7.40. The van der Waals surface area contributed by atoms with Crippen LogP contribution in [-0.2, 0) is 4.79 Å². The van der Waals surface area contributed by atoms with Crippen molar-refractivity contribution in [1.82, 2.24) is 9.97 Å². The standard InChI is InChI=1S/C8H11N3O/c1-6-9-5-4-8(10-6)11(3)7(2)12/h4-5H,1-3H3. The van der Waals surface area contributed by atoms with Crippen LogP contribution in [0.15, 0.2) is 12.3 Å². The van der Waals surface area contributed by atoms with Gasteiger partial charge in [0.2, 0.25) is 5.91 Å². The number of aryl methyl sites for hydroxylation is 1. The molecule has 0 saturated heterocycles. The summed E-state index contributed by atoms with van der Waals surface area (Å²) in [6, 6.07) is 1.70. The van der Waals surface area contributed by atoms with Gasteiger partial charge in [-0.25, -0.2) is 9.97 Å². The summed E-state index contributed by atoms with van der Waals surface area (Å²) in [5.41, 5.74) is 0. The summed E-state index contributed by atoms with van der Waals surface area (Å²) >= 11 is 0. The van der Waals surface area contributed by atoms with E-state index in [4.69, 9.17) is 0 Å². The number of carbonyl (C=O) groups is 1. The van der Waals surface area contributed by atoms with Crippen molar-refractivity contribution in [2.75, 3.05) is 11.9 Å². The van der Waals surface area contributed by atoms with E-state index in [1.54, 1.807) is 26.2 Å². The van der Waals surface area contributed by atoms with Crippen molar-refractivity contribution >= 4 is 11.7 Å². The molecule has 0 fully saturated rings. The highest BCUT2D eigenvalue weighted by molar-refractivity contribution is 5.89. The smallest absolute Gasteiger partial charge is 0.224 e. The molecular weight excluding hydrogens is 154 g/mol. The van der Waals surface area contributed by atoms with Gasteiger partial charge in [0.1, 0.15) is 11.6 Å². The molecule has 0 aliphatic heterocycles. The van der Waals surface area contributed by atoms with E-state index in [0.29, 0.717) is 11.6 Å². The van der Waals surface area contributed by atoms with Crippen molar-refractivity contribution in [2.24, 2.45) is 0 Å². The summed E-state index contributed by atoms with van der Waals surface area (Å²) in [5, 5.41) is 0. The fourth-order valence-corrected chi connectivity index (χ4v) is 0.792. The predicted octanol–water partition coefficient (Wildman–Crippen LogP) is 0.768. The molecule has 4 heteroatoms. The van der Waals surface area contributed by atoms with Crippen LogP contribution in [0.25, 0.3) is 0 Å². The van der Waals surface area contributed by atoms with Crippen molar-refractivity contribution in [3.8, 4) is 0 Å². The highest BCUT2D eigenvalue weighted by Crippen LogP contribution is 2.06. The number of hydrogen-bond acceptors (Lipinski definition) is 3. The van der Waals surface area contributed by atoms with Crippen LogP contribution in [0.1, 0.15) is 12.7 Å². The molecule has 0 aromatic carbocycles. The lowest BCUT2D eigenvalue weighted by Crippen LogP contribution is -2.24. The van der Waals surface area contributed by atoms with E-state index in [0.717, 1.165) is 0 Å². The molecular formula is C8H11N3O. The Morgan fingerprint density at radius 3 is 2.75 bits per heavy atom. The molecule has 64 valence electrons. The van der Waals surface area contributed by atoms with Gasteiger partial charge < -0.3 is 4.90 Å². The minimum Gasteiger partial charge on any atom is -0.300 e. The summed E-state index contributed by atoms with van der Waals surface area (Å²) in [6.07, 6.45) is 1.64. The zero-order chi connectivity index (χ0) is 9.14. The van der Waals surface area contributed by atoms with E-state index in [2.05, 4.69) is 9.97 Å². The average molecular weight is 165 g/mol. The van der Waals surface area contributed by atoms with Crippen molar-refractivity contribution in [3.63, 3.8) is 0 Å². The number of hydrogen-bond donors (Lipinski definition) is 0. The molecule has 1 aromatic heterocycles. The van der Waals surface area contributed by atoms with Gasteiger partial charge in [-0.3, -0.25) is 4.79 Å². The van der Waals surface area contributed by atoms with Crippen LogP contribution in [0.4, 0.5) is 5.82 Å². The second-order valence-electron chi connectivity index (χ2n) is 2.54. The Bertz CT molecular complexity index is 298. The SMILES string of the molecule is CC(=O)N(C)c1ccnc(C)n1. The Morgan fingerprint density at radius 1 is 1.58 bits per heavy atom. The Balaban J connectivity index is 2.95. The minimum atomic E-state index is -0.0342. The molecule has 1 aromatic rings. The predicted molar refractivity (Wildman–Crippen MR) is 45.9 cm³/mol. The second kappa shape index (κ2) is 3.30. The van der Waals surface area contributed by atoms with Gasteiger partial charge in [-0.1, -0.05) is 0 Å². The lowest BCUT2D eigenvalue weighted by Gasteiger charge is -2.12. The van der Waals surface area contributed by atoms with Gasteiger partial charge in [-0.2, -0.15) is 0 Å². The molecule has 0 spiro atoms. The zero-order valence-electron chi connectivity index (χ0n) is 7.40. The number of amides is 1. The average Bonchev–Trinajstić information content (AvgIpc) is 2.03. The third kappa shape index (κ3) is 1.78. The Labute approximate surface area is 71.3 Å². The van der Waals surface area contributed by atoms with Gasteiger partial charge in [0.05, 0.1) is 0 Å². The molecule has 0 unspecified atom stereocenters. The van der Waals surface area contributed by atoms with Crippen LogP contribution in [0.5, 0.6) is 0 Å². The lowest BCUT2D eigenvalue weighted by atomic mass is 10.5. The van der Waals surface area contributed by atoms with Crippen LogP contribution in [0, 0.1) is 6.92 Å². The van der Waals surface area contributed by atoms with Gasteiger partial charge in [0, 0.05) is 20.2 Å². The number of anilines is 1. The molecule has 0 N–H and O–H groups in total. The Hall–Kier alpha value is -1.45. The van der Waals surface area contributed by atoms with E-state index < -0.39 is 0 Å². The molecule has 0 aliphatic rings. The monoisotopic (exact) mass is 165 g/mol. The van der Waals surface area contributed by atoms with E-state index >= 15 is 0 Å². The maximum atomic E-state index is 10.9. The molecule has 1 amide bonds. The summed E-state index contributed by atoms with van der Waals surface area (Å²) in [7, 11) is 1.68. The summed E-state index contributed by atoms with van der Waals surface area (Å²) in [5.74, 6) is 1.27. The first-order chi connectivity index (χ1) is 5.61. The maximum Gasteiger partial charge on any atom is 0.224 e. The fourth-order valence-electron chi connectivity index (χ4n) is 0.792. The maximum absolute atomic E-state index is 10.9. The molecule has 4 nitrogen and oxygen atoms in total. The number of carbonyl (C=O) groups excluding carboxylic acids is 1. The second-order valence-corrected chi connectivity index (χ2v) is 2.54. The van der Waals surface area contributed by atoms with Crippen molar-refractivity contribution in [2.45, 2.75) is 13.8 Å². The van der Waals surface area contributed by atoms with Crippen LogP contribution in [-0.4, -0.2) is 22.9 Å². The van der Waals surface area contributed by atoms with Gasteiger partial charge in [0.15, 0.2) is 0 Å². The van der Waals surface area contributed by atoms with Crippen molar-refractivity contribution in [3.05, 3.63) is 18.1 Å². The minimum absolute atomic E-state index is 0.0342.